The number of imide groups is 1. The van der Waals surface area contributed by atoms with Gasteiger partial charge in [-0.2, -0.15) is 0 Å². The Labute approximate surface area is 164 Å². The lowest BCUT2D eigenvalue weighted by Crippen LogP contribution is -2.32. The van der Waals surface area contributed by atoms with E-state index in [1.165, 1.54) is 37.3 Å². The number of hydrogen-bond acceptors (Lipinski definition) is 6. The van der Waals surface area contributed by atoms with E-state index in [2.05, 4.69) is 5.32 Å². The fraction of sp³-hybridized carbons (Fsp3) is 0.158. The molecule has 9 heteroatoms. The van der Waals surface area contributed by atoms with E-state index < -0.39 is 30.2 Å². The van der Waals surface area contributed by atoms with E-state index in [9.17, 15) is 23.6 Å². The summed E-state index contributed by atoms with van der Waals surface area (Å²) in [6.07, 6.45) is 0. The molecule has 2 N–H and O–H groups in total. The molecule has 0 atom stereocenters. The van der Waals surface area contributed by atoms with Crippen LogP contribution in [-0.4, -0.2) is 36.1 Å². The molecule has 0 aromatic heterocycles. The largest absolute Gasteiger partial charge is 0.452 e. The summed E-state index contributed by atoms with van der Waals surface area (Å²) in [6.45, 7) is 0.575. The van der Waals surface area contributed by atoms with Gasteiger partial charge in [0.15, 0.2) is 6.61 Å². The van der Waals surface area contributed by atoms with Gasteiger partial charge < -0.3 is 10.1 Å². The average Bonchev–Trinajstić information content (AvgIpc) is 2.66. The van der Waals surface area contributed by atoms with Gasteiger partial charge in [-0.1, -0.05) is 12.1 Å². The summed E-state index contributed by atoms with van der Waals surface area (Å²) in [7, 11) is 0. The predicted molar refractivity (Wildman–Crippen MR) is 101 cm³/mol. The minimum atomic E-state index is -0.749. The molecule has 0 unspecified atom stereocenters. The highest BCUT2D eigenvalue weighted by Crippen LogP contribution is 2.23. The highest BCUT2D eigenvalue weighted by Gasteiger charge is 2.16. The third-order valence-corrected chi connectivity index (χ3v) is 4.32. The Morgan fingerprint density at radius 2 is 1.68 bits per heavy atom. The number of halogens is 1. The van der Waals surface area contributed by atoms with Crippen LogP contribution >= 0.6 is 11.8 Å². The first kappa shape index (κ1) is 21.1. The smallest absolute Gasteiger partial charge is 0.339 e. The van der Waals surface area contributed by atoms with Crippen LogP contribution < -0.4 is 10.6 Å². The molecule has 0 fully saturated rings. The molecule has 2 aromatic carbocycles. The van der Waals surface area contributed by atoms with Gasteiger partial charge in [0.05, 0.1) is 11.3 Å². The Morgan fingerprint density at radius 1 is 1.00 bits per heavy atom. The first-order chi connectivity index (χ1) is 13.3. The van der Waals surface area contributed by atoms with Crippen molar-refractivity contribution in [1.29, 1.82) is 0 Å². The zero-order chi connectivity index (χ0) is 20.5. The quantitative estimate of drug-likeness (QED) is 0.543. The topological polar surface area (TPSA) is 102 Å². The molecule has 0 aliphatic heterocycles. The minimum absolute atomic E-state index is 0.00644. The highest BCUT2D eigenvalue weighted by molar-refractivity contribution is 8.00. The van der Waals surface area contributed by atoms with Gasteiger partial charge in [0.1, 0.15) is 5.82 Å². The van der Waals surface area contributed by atoms with Crippen LogP contribution in [0, 0.1) is 5.82 Å². The predicted octanol–water partition coefficient (Wildman–Crippen LogP) is 2.38. The SMILES string of the molecule is CC(=O)NC(=O)COC(=O)c1ccccc1SCC(=O)Nc1ccc(F)cc1. The van der Waals surface area contributed by atoms with Crippen LogP contribution in [0.15, 0.2) is 53.4 Å². The zero-order valence-corrected chi connectivity index (χ0v) is 15.7. The molecular formula is C19H17FN2O5S. The minimum Gasteiger partial charge on any atom is -0.452 e. The second-order valence-corrected chi connectivity index (χ2v) is 6.54. The number of carbonyl (C=O) groups excluding carboxylic acids is 4. The van der Waals surface area contributed by atoms with Crippen LogP contribution in [-0.2, 0) is 19.1 Å². The third kappa shape index (κ3) is 6.84. The standard InChI is InChI=1S/C19H17FN2O5S/c1-12(23)21-17(24)10-27-19(26)15-4-2-3-5-16(15)28-11-18(25)22-14-8-6-13(20)7-9-14/h2-9H,10-11H2,1H3,(H,22,25)(H,21,23,24). The van der Waals surface area contributed by atoms with Crippen molar-refractivity contribution >= 4 is 41.1 Å². The number of amides is 3. The Hall–Kier alpha value is -3.20. The van der Waals surface area contributed by atoms with Crippen molar-refractivity contribution in [3.63, 3.8) is 0 Å². The van der Waals surface area contributed by atoms with Crippen LogP contribution in [0.4, 0.5) is 10.1 Å². The monoisotopic (exact) mass is 404 g/mol. The number of ether oxygens (including phenoxy) is 1. The van der Waals surface area contributed by atoms with E-state index in [0.29, 0.717) is 10.6 Å². The number of esters is 1. The lowest BCUT2D eigenvalue weighted by Gasteiger charge is -2.09. The number of thioether (sulfide) groups is 1. The summed E-state index contributed by atoms with van der Waals surface area (Å²) in [5.74, 6) is -2.76. The molecule has 0 saturated heterocycles. The lowest BCUT2D eigenvalue weighted by molar-refractivity contribution is -0.131. The molecule has 2 aromatic rings. The van der Waals surface area contributed by atoms with Crippen molar-refractivity contribution in [2.45, 2.75) is 11.8 Å². The van der Waals surface area contributed by atoms with Crippen molar-refractivity contribution in [3.8, 4) is 0 Å². The molecule has 0 bridgehead atoms. The first-order valence-corrected chi connectivity index (χ1v) is 9.08. The van der Waals surface area contributed by atoms with Crippen LogP contribution in [0.25, 0.3) is 0 Å². The van der Waals surface area contributed by atoms with Gasteiger partial charge in [0.2, 0.25) is 11.8 Å². The van der Waals surface area contributed by atoms with Gasteiger partial charge in [-0.05, 0) is 36.4 Å². The van der Waals surface area contributed by atoms with Crippen molar-refractivity contribution in [3.05, 3.63) is 59.9 Å². The number of hydrogen-bond donors (Lipinski definition) is 2. The van der Waals surface area contributed by atoms with Crippen molar-refractivity contribution in [1.82, 2.24) is 5.32 Å². The number of rotatable bonds is 7. The number of anilines is 1. The normalized spacial score (nSPS) is 10.1. The van der Waals surface area contributed by atoms with E-state index in [0.717, 1.165) is 11.8 Å². The van der Waals surface area contributed by atoms with Crippen molar-refractivity contribution in [2.75, 3.05) is 17.7 Å². The molecule has 0 aliphatic rings. The lowest BCUT2D eigenvalue weighted by atomic mass is 10.2. The number of carbonyl (C=O) groups is 4. The summed E-state index contributed by atoms with van der Waals surface area (Å²) in [5, 5.41) is 4.61. The van der Waals surface area contributed by atoms with E-state index in [4.69, 9.17) is 4.74 Å². The Kier molecular flexibility index (Phi) is 7.70. The summed E-state index contributed by atoms with van der Waals surface area (Å²) in [5.41, 5.74) is 0.647. The Balaban J connectivity index is 1.92. The fourth-order valence-corrected chi connectivity index (χ4v) is 2.92. The van der Waals surface area contributed by atoms with E-state index >= 15 is 0 Å². The molecule has 28 heavy (non-hydrogen) atoms. The van der Waals surface area contributed by atoms with Gasteiger partial charge in [-0.3, -0.25) is 19.7 Å². The highest BCUT2D eigenvalue weighted by atomic mass is 32.2. The number of benzene rings is 2. The van der Waals surface area contributed by atoms with Gasteiger partial charge in [0.25, 0.3) is 5.91 Å². The van der Waals surface area contributed by atoms with E-state index in [1.54, 1.807) is 18.2 Å². The number of nitrogens with one attached hydrogen (secondary N) is 2. The second kappa shape index (κ2) is 10.2. The fourth-order valence-electron chi connectivity index (χ4n) is 2.08. The van der Waals surface area contributed by atoms with Gasteiger partial charge in [-0.25, -0.2) is 9.18 Å². The molecule has 0 radical (unpaired) electrons. The van der Waals surface area contributed by atoms with Gasteiger partial charge >= 0.3 is 5.97 Å². The zero-order valence-electron chi connectivity index (χ0n) is 14.9. The maximum absolute atomic E-state index is 12.9. The third-order valence-electron chi connectivity index (χ3n) is 3.24. The molecule has 0 aliphatic carbocycles. The average molecular weight is 404 g/mol. The summed E-state index contributed by atoms with van der Waals surface area (Å²) < 4.78 is 17.8. The van der Waals surface area contributed by atoms with Crippen LogP contribution in [0.2, 0.25) is 0 Å². The van der Waals surface area contributed by atoms with Gasteiger partial charge in [-0.15, -0.1) is 11.8 Å². The molecule has 3 amide bonds. The maximum atomic E-state index is 12.9. The summed E-state index contributed by atoms with van der Waals surface area (Å²) in [4.78, 5) is 46.9. The molecular weight excluding hydrogens is 387 g/mol. The van der Waals surface area contributed by atoms with Crippen molar-refractivity contribution < 1.29 is 28.3 Å². The maximum Gasteiger partial charge on any atom is 0.339 e. The van der Waals surface area contributed by atoms with E-state index in [1.807, 2.05) is 5.32 Å². The second-order valence-electron chi connectivity index (χ2n) is 5.52. The molecule has 0 saturated carbocycles. The molecule has 0 spiro atoms. The molecule has 2 rings (SSSR count). The molecule has 0 heterocycles. The van der Waals surface area contributed by atoms with Gasteiger partial charge in [0, 0.05) is 17.5 Å². The Bertz CT molecular complexity index is 886. The Morgan fingerprint density at radius 3 is 2.36 bits per heavy atom. The van der Waals surface area contributed by atoms with Crippen molar-refractivity contribution in [2.24, 2.45) is 0 Å². The molecule has 146 valence electrons. The van der Waals surface area contributed by atoms with Crippen LogP contribution in [0.1, 0.15) is 17.3 Å². The summed E-state index contributed by atoms with van der Waals surface area (Å²) in [6, 6.07) is 11.8. The van der Waals surface area contributed by atoms with Crippen LogP contribution in [0.3, 0.4) is 0 Å². The van der Waals surface area contributed by atoms with E-state index in [-0.39, 0.29) is 17.2 Å². The molecule has 7 nitrogen and oxygen atoms in total. The van der Waals surface area contributed by atoms with Crippen LogP contribution in [0.5, 0.6) is 0 Å². The first-order valence-electron chi connectivity index (χ1n) is 8.10. The summed E-state index contributed by atoms with van der Waals surface area (Å²) >= 11 is 1.11.